The van der Waals surface area contributed by atoms with Crippen molar-refractivity contribution in [3.63, 3.8) is 0 Å². The minimum atomic E-state index is -4.52. The van der Waals surface area contributed by atoms with Crippen LogP contribution in [0.3, 0.4) is 0 Å². The van der Waals surface area contributed by atoms with E-state index < -0.39 is 73.3 Å². The molecule has 0 fully saturated rings. The molecule has 1 aliphatic rings. The Morgan fingerprint density at radius 3 is 2.30 bits per heavy atom. The maximum absolute atomic E-state index is 14.2. The van der Waals surface area contributed by atoms with E-state index >= 15 is 0 Å². The summed E-state index contributed by atoms with van der Waals surface area (Å²) in [6, 6.07) is 6.95. The van der Waals surface area contributed by atoms with Gasteiger partial charge in [-0.05, 0) is 75.6 Å². The van der Waals surface area contributed by atoms with Crippen molar-refractivity contribution in [3.8, 4) is 5.75 Å². The number of alkyl halides is 6. The Kier molecular flexibility index (Phi) is 14.3. The number of hydrogen-bond donors (Lipinski definition) is 3. The third-order valence-electron chi connectivity index (χ3n) is 8.23. The van der Waals surface area contributed by atoms with Crippen LogP contribution in [0.2, 0.25) is 0 Å². The fourth-order valence-corrected chi connectivity index (χ4v) is 5.26. The summed E-state index contributed by atoms with van der Waals surface area (Å²) in [7, 11) is 1.50. The molecule has 2 aromatic carbocycles. The Balaban J connectivity index is 1.85. The van der Waals surface area contributed by atoms with E-state index in [4.69, 9.17) is 9.47 Å². The number of aliphatic hydroxyl groups is 1. The second-order valence-electron chi connectivity index (χ2n) is 12.6. The van der Waals surface area contributed by atoms with Gasteiger partial charge in [0.05, 0.1) is 42.4 Å². The molecule has 3 rings (SSSR count). The van der Waals surface area contributed by atoms with Crippen molar-refractivity contribution in [3.05, 3.63) is 53.6 Å². The fourth-order valence-electron chi connectivity index (χ4n) is 5.26. The zero-order chi connectivity index (χ0) is 37.2. The second-order valence-corrected chi connectivity index (χ2v) is 12.6. The molecule has 0 radical (unpaired) electrons. The third kappa shape index (κ3) is 12.4. The first-order valence-electron chi connectivity index (χ1n) is 16.3. The number of likely N-dealkylation sites (N-methyl/N-ethyl adjacent to an activating group) is 1. The number of anilines is 2. The molecule has 0 aromatic heterocycles. The van der Waals surface area contributed by atoms with Gasteiger partial charge in [0.15, 0.2) is 0 Å². The van der Waals surface area contributed by atoms with Crippen LogP contribution in [0.15, 0.2) is 42.5 Å². The number of fused-ring (bicyclic) bond motifs is 1. The first kappa shape index (κ1) is 40.4. The van der Waals surface area contributed by atoms with Crippen molar-refractivity contribution in [1.82, 2.24) is 9.80 Å². The minimum Gasteiger partial charge on any atom is -0.490 e. The van der Waals surface area contributed by atoms with Gasteiger partial charge in [-0.1, -0.05) is 6.92 Å². The Morgan fingerprint density at radius 2 is 1.68 bits per heavy atom. The maximum Gasteiger partial charge on any atom is 0.416 e. The molecule has 0 spiro atoms. The molecule has 2 aromatic rings. The van der Waals surface area contributed by atoms with E-state index in [0.717, 1.165) is 24.3 Å². The summed E-state index contributed by atoms with van der Waals surface area (Å²) < 4.78 is 89.2. The lowest BCUT2D eigenvalue weighted by Crippen LogP contribution is -2.48. The molecule has 3 N–H and O–H groups in total. The van der Waals surface area contributed by atoms with Crippen LogP contribution >= 0.6 is 0 Å². The standard InChI is InChI=1S/C34H44F6N4O6/c1-21-18-44(22(2)20-45)31(47)27-17-26(41-30(46)14-15-33(35,36)37)12-13-28(27)50-23(3)7-5-6-16-49-29(21)19-43(4)32(48)42-25-10-8-24(9-11-25)34(38,39)40/h8-13,17,21-23,29,45H,5-7,14-16,18-20H2,1-4H3,(H,41,46)(H,42,48)/t21-,22-,23-,29-/m0/s1. The van der Waals surface area contributed by atoms with Gasteiger partial charge in [-0.3, -0.25) is 9.59 Å². The summed E-state index contributed by atoms with van der Waals surface area (Å²) in [6.45, 7) is 5.24. The number of carbonyl (C=O) groups is 3. The summed E-state index contributed by atoms with van der Waals surface area (Å²) in [5.74, 6) is -1.68. The zero-order valence-electron chi connectivity index (χ0n) is 28.4. The maximum atomic E-state index is 14.2. The van der Waals surface area contributed by atoms with Crippen molar-refractivity contribution in [2.75, 3.05) is 44.0 Å². The van der Waals surface area contributed by atoms with Crippen LogP contribution in [-0.4, -0.2) is 90.5 Å². The van der Waals surface area contributed by atoms with Crippen molar-refractivity contribution < 1.29 is 55.3 Å². The van der Waals surface area contributed by atoms with Gasteiger partial charge in [0.2, 0.25) is 5.91 Å². The number of benzene rings is 2. The van der Waals surface area contributed by atoms with E-state index in [1.54, 1.807) is 13.8 Å². The highest BCUT2D eigenvalue weighted by Crippen LogP contribution is 2.31. The highest BCUT2D eigenvalue weighted by atomic mass is 19.4. The number of carbonyl (C=O) groups excluding carboxylic acids is 3. The number of urea groups is 1. The normalized spacial score (nSPS) is 20.2. The molecular formula is C34H44F6N4O6. The summed E-state index contributed by atoms with van der Waals surface area (Å²) in [5.41, 5.74) is -0.574. The van der Waals surface area contributed by atoms with E-state index in [0.29, 0.717) is 25.9 Å². The largest absolute Gasteiger partial charge is 0.490 e. The lowest BCUT2D eigenvalue weighted by Gasteiger charge is -2.35. The van der Waals surface area contributed by atoms with Crippen molar-refractivity contribution in [2.45, 2.75) is 83.5 Å². The molecule has 4 atom stereocenters. The number of nitrogens with zero attached hydrogens (tertiary/aromatic N) is 2. The lowest BCUT2D eigenvalue weighted by atomic mass is 10.0. The summed E-state index contributed by atoms with van der Waals surface area (Å²) in [6.07, 6.45) is -10.2. The molecule has 50 heavy (non-hydrogen) atoms. The number of ether oxygens (including phenoxy) is 2. The van der Waals surface area contributed by atoms with E-state index in [1.165, 1.54) is 35.0 Å². The second kappa shape index (κ2) is 17.7. The Morgan fingerprint density at radius 1 is 1.02 bits per heavy atom. The molecule has 0 saturated carbocycles. The summed E-state index contributed by atoms with van der Waals surface area (Å²) in [5, 5.41) is 15.1. The zero-order valence-corrected chi connectivity index (χ0v) is 28.4. The number of hydrogen-bond acceptors (Lipinski definition) is 6. The van der Waals surface area contributed by atoms with E-state index in [-0.39, 0.29) is 41.9 Å². The number of nitrogens with one attached hydrogen (secondary N) is 2. The smallest absolute Gasteiger partial charge is 0.416 e. The van der Waals surface area contributed by atoms with Crippen LogP contribution in [0.5, 0.6) is 5.75 Å². The van der Waals surface area contributed by atoms with Gasteiger partial charge >= 0.3 is 18.4 Å². The van der Waals surface area contributed by atoms with Crippen LogP contribution in [0.4, 0.5) is 42.5 Å². The number of aliphatic hydroxyl groups excluding tert-OH is 1. The predicted molar refractivity (Wildman–Crippen MR) is 174 cm³/mol. The SMILES string of the molecule is C[C@H]1CCCCO[C@@H](CN(C)C(=O)Nc2ccc(C(F)(F)F)cc2)[C@@H](C)CN([C@@H](C)CO)C(=O)c2cc(NC(=O)CCC(F)(F)F)ccc2O1. The highest BCUT2D eigenvalue weighted by molar-refractivity contribution is 5.99. The Bertz CT molecular complexity index is 1440. The molecule has 0 aliphatic carbocycles. The quantitative estimate of drug-likeness (QED) is 0.255. The highest BCUT2D eigenvalue weighted by Gasteiger charge is 2.33. The van der Waals surface area contributed by atoms with Crippen molar-refractivity contribution >= 4 is 29.2 Å². The Labute approximate surface area is 287 Å². The van der Waals surface area contributed by atoms with Gasteiger partial charge in [-0.15, -0.1) is 0 Å². The van der Waals surface area contributed by atoms with Gasteiger partial charge in [-0.25, -0.2) is 4.79 Å². The minimum absolute atomic E-state index is 0.0283. The van der Waals surface area contributed by atoms with Crippen molar-refractivity contribution in [1.29, 1.82) is 0 Å². The molecule has 16 heteroatoms. The average molecular weight is 719 g/mol. The van der Waals surface area contributed by atoms with Gasteiger partial charge < -0.3 is 35.0 Å². The van der Waals surface area contributed by atoms with E-state index in [1.807, 2.05) is 6.92 Å². The molecule has 0 saturated heterocycles. The van der Waals surface area contributed by atoms with Gasteiger partial charge in [-0.2, -0.15) is 26.3 Å². The molecule has 0 unspecified atom stereocenters. The molecule has 0 bridgehead atoms. The van der Waals surface area contributed by atoms with Crippen LogP contribution in [0.25, 0.3) is 0 Å². The van der Waals surface area contributed by atoms with E-state index in [9.17, 15) is 45.8 Å². The molecule has 4 amide bonds. The summed E-state index contributed by atoms with van der Waals surface area (Å²) >= 11 is 0. The predicted octanol–water partition coefficient (Wildman–Crippen LogP) is 6.95. The monoisotopic (exact) mass is 718 g/mol. The first-order chi connectivity index (χ1) is 23.4. The Hall–Kier alpha value is -4.05. The first-order valence-corrected chi connectivity index (χ1v) is 16.3. The third-order valence-corrected chi connectivity index (χ3v) is 8.23. The number of rotatable bonds is 8. The van der Waals surface area contributed by atoms with Gasteiger partial charge in [0.25, 0.3) is 5.91 Å². The average Bonchev–Trinajstić information content (AvgIpc) is 3.04. The molecule has 278 valence electrons. The molecule has 1 heterocycles. The number of amides is 4. The van der Waals surface area contributed by atoms with Crippen LogP contribution in [-0.2, 0) is 15.7 Å². The molecule has 10 nitrogen and oxygen atoms in total. The summed E-state index contributed by atoms with van der Waals surface area (Å²) in [4.78, 5) is 42.2. The van der Waals surface area contributed by atoms with Crippen molar-refractivity contribution in [2.24, 2.45) is 5.92 Å². The van der Waals surface area contributed by atoms with Crippen LogP contribution < -0.4 is 15.4 Å². The number of halogens is 6. The van der Waals surface area contributed by atoms with Crippen LogP contribution in [0, 0.1) is 5.92 Å². The van der Waals surface area contributed by atoms with Gasteiger partial charge in [0.1, 0.15) is 5.75 Å². The van der Waals surface area contributed by atoms with Crippen LogP contribution in [0.1, 0.15) is 68.8 Å². The molecule has 1 aliphatic heterocycles. The fraction of sp³-hybridized carbons (Fsp3) is 0.559. The van der Waals surface area contributed by atoms with E-state index in [2.05, 4.69) is 10.6 Å². The lowest BCUT2D eigenvalue weighted by molar-refractivity contribution is -0.142. The topological polar surface area (TPSA) is 120 Å². The molecular weight excluding hydrogens is 674 g/mol. The van der Waals surface area contributed by atoms with Gasteiger partial charge in [0, 0.05) is 50.5 Å².